The highest BCUT2D eigenvalue weighted by Gasteiger charge is 2.19. The van der Waals surface area contributed by atoms with Crippen LogP contribution in [0.1, 0.15) is 335 Å². The number of hydrogen-bond acceptors (Lipinski definition) is 6. The van der Waals surface area contributed by atoms with Crippen molar-refractivity contribution in [2.75, 3.05) is 13.2 Å². The Morgan fingerprint density at radius 2 is 0.500 bits per heavy atom. The minimum Gasteiger partial charge on any atom is -0.462 e. The van der Waals surface area contributed by atoms with Crippen molar-refractivity contribution in [3.05, 3.63) is 85.1 Å². The van der Waals surface area contributed by atoms with Gasteiger partial charge in [0.1, 0.15) is 13.2 Å². The predicted octanol–water partition coefficient (Wildman–Crippen LogP) is 23.1. The quantitative estimate of drug-likeness (QED) is 0.0261. The molecule has 450 valence electrons. The van der Waals surface area contributed by atoms with Crippen LogP contribution >= 0.6 is 0 Å². The fraction of sp³-hybridized carbons (Fsp3) is 0.764. The van der Waals surface area contributed by atoms with Crippen LogP contribution in [0.5, 0.6) is 0 Å². The molecule has 0 aliphatic rings. The molecule has 0 heterocycles. The van der Waals surface area contributed by atoms with Gasteiger partial charge in [-0.15, -0.1) is 0 Å². The zero-order chi connectivity index (χ0) is 56.4. The van der Waals surface area contributed by atoms with Crippen molar-refractivity contribution in [3.63, 3.8) is 0 Å². The molecule has 0 bridgehead atoms. The summed E-state index contributed by atoms with van der Waals surface area (Å²) in [5.41, 5.74) is 0. The SMILES string of the molecule is CC/C=C\C/C=C\C/C=C\C/C=C\C/C=C\C/C=C\C/C=C\CCCCCCCCCCCC(=O)OCC(COC(=O)CCCCCCCCCCCCC)OC(=O)CCCCCCCCCCCCCCCCCCCC. The maximum atomic E-state index is 12.9. The maximum absolute atomic E-state index is 12.9. The summed E-state index contributed by atoms with van der Waals surface area (Å²) >= 11 is 0. The van der Waals surface area contributed by atoms with Crippen LogP contribution in [0.15, 0.2) is 85.1 Å². The summed E-state index contributed by atoms with van der Waals surface area (Å²) in [4.78, 5) is 38.3. The molecule has 6 heteroatoms. The van der Waals surface area contributed by atoms with Gasteiger partial charge in [-0.05, 0) is 77.0 Å². The molecule has 0 radical (unpaired) electrons. The van der Waals surface area contributed by atoms with Crippen molar-refractivity contribution in [1.29, 1.82) is 0 Å². The van der Waals surface area contributed by atoms with Gasteiger partial charge in [-0.1, -0.05) is 324 Å². The fourth-order valence-corrected chi connectivity index (χ4v) is 9.66. The molecule has 0 N–H and O–H groups in total. The van der Waals surface area contributed by atoms with Crippen molar-refractivity contribution >= 4 is 17.9 Å². The van der Waals surface area contributed by atoms with Crippen molar-refractivity contribution in [1.82, 2.24) is 0 Å². The average Bonchev–Trinajstić information content (AvgIpc) is 3.44. The molecular formula is C72H126O6. The molecule has 0 fully saturated rings. The summed E-state index contributed by atoms with van der Waals surface area (Å²) in [5.74, 6) is -0.862. The van der Waals surface area contributed by atoms with Gasteiger partial charge in [-0.25, -0.2) is 0 Å². The summed E-state index contributed by atoms with van der Waals surface area (Å²) in [7, 11) is 0. The number of allylic oxidation sites excluding steroid dienone is 14. The van der Waals surface area contributed by atoms with Gasteiger partial charge in [0.2, 0.25) is 0 Å². The molecule has 0 aromatic carbocycles. The number of unbranched alkanes of at least 4 members (excludes halogenated alkanes) is 36. The average molecular weight is 1090 g/mol. The van der Waals surface area contributed by atoms with E-state index in [1.807, 2.05) is 0 Å². The highest BCUT2D eigenvalue weighted by atomic mass is 16.6. The number of rotatable bonds is 61. The van der Waals surface area contributed by atoms with Crippen molar-refractivity contribution in [2.24, 2.45) is 0 Å². The van der Waals surface area contributed by atoms with Gasteiger partial charge in [0.15, 0.2) is 6.10 Å². The molecule has 78 heavy (non-hydrogen) atoms. The highest BCUT2D eigenvalue weighted by Crippen LogP contribution is 2.17. The standard InChI is InChI=1S/C72H126O6/c1-4-7-10-13-16-19-22-24-26-28-30-31-32-33-34-35-36-37-38-39-40-41-42-44-45-47-50-53-56-59-62-65-71(74)77-68-69(67-76-70(73)64-61-58-55-52-49-21-18-15-12-9-6-3)78-72(75)66-63-60-57-54-51-48-46-43-29-27-25-23-20-17-14-11-8-5-2/h7,10,16,19,24,26,30-31,33-34,36-37,39-40,69H,4-6,8-9,11-15,17-18,20-23,25,27-29,32,35,38,41-68H2,1-3H3/b10-7-,19-16-,26-24-,31-30-,34-33-,37-36-,40-39-. The lowest BCUT2D eigenvalue weighted by Crippen LogP contribution is -2.30. The van der Waals surface area contributed by atoms with E-state index in [1.165, 1.54) is 186 Å². The molecule has 1 unspecified atom stereocenters. The van der Waals surface area contributed by atoms with E-state index in [2.05, 4.69) is 106 Å². The minimum atomic E-state index is -0.775. The van der Waals surface area contributed by atoms with E-state index >= 15 is 0 Å². The Kier molecular flexibility index (Phi) is 63.2. The molecule has 0 aliphatic carbocycles. The molecule has 0 amide bonds. The zero-order valence-electron chi connectivity index (χ0n) is 51.7. The Bertz CT molecular complexity index is 1480. The molecular weight excluding hydrogens is 961 g/mol. The number of carbonyl (C=O) groups is 3. The lowest BCUT2D eigenvalue weighted by molar-refractivity contribution is -0.167. The zero-order valence-corrected chi connectivity index (χ0v) is 51.7. The van der Waals surface area contributed by atoms with Crippen LogP contribution in [0, 0.1) is 0 Å². The lowest BCUT2D eigenvalue weighted by atomic mass is 10.0. The van der Waals surface area contributed by atoms with Crippen molar-refractivity contribution in [2.45, 2.75) is 341 Å². The molecule has 6 nitrogen and oxygen atoms in total. The second kappa shape index (κ2) is 66.1. The molecule has 0 aromatic rings. The van der Waals surface area contributed by atoms with Crippen LogP contribution < -0.4 is 0 Å². The molecule has 0 spiro atoms. The van der Waals surface area contributed by atoms with Crippen molar-refractivity contribution in [3.8, 4) is 0 Å². The fourth-order valence-electron chi connectivity index (χ4n) is 9.66. The number of carbonyl (C=O) groups excluding carboxylic acids is 3. The topological polar surface area (TPSA) is 78.9 Å². The van der Waals surface area contributed by atoms with E-state index in [9.17, 15) is 14.4 Å². The normalized spacial score (nSPS) is 12.6. The Labute approximate surface area is 484 Å². The Morgan fingerprint density at radius 3 is 0.782 bits per heavy atom. The van der Waals surface area contributed by atoms with Crippen LogP contribution in [-0.4, -0.2) is 37.2 Å². The molecule has 1 atom stereocenters. The van der Waals surface area contributed by atoms with E-state index < -0.39 is 6.10 Å². The summed E-state index contributed by atoms with van der Waals surface area (Å²) in [5, 5.41) is 0. The first kappa shape index (κ1) is 74.6. The number of esters is 3. The molecule has 0 aromatic heterocycles. The van der Waals surface area contributed by atoms with Gasteiger partial charge in [-0.3, -0.25) is 14.4 Å². The predicted molar refractivity (Wildman–Crippen MR) is 339 cm³/mol. The van der Waals surface area contributed by atoms with Crippen molar-refractivity contribution < 1.29 is 28.6 Å². The number of ether oxygens (including phenoxy) is 3. The van der Waals surface area contributed by atoms with Crippen LogP contribution in [-0.2, 0) is 28.6 Å². The third kappa shape index (κ3) is 63.4. The van der Waals surface area contributed by atoms with Gasteiger partial charge in [0, 0.05) is 19.3 Å². The molecule has 0 saturated heterocycles. The van der Waals surface area contributed by atoms with Gasteiger partial charge in [0.05, 0.1) is 0 Å². The second-order valence-electron chi connectivity index (χ2n) is 22.4. The number of hydrogen-bond donors (Lipinski definition) is 0. The Balaban J connectivity index is 4.22. The monoisotopic (exact) mass is 1090 g/mol. The summed E-state index contributed by atoms with van der Waals surface area (Å²) < 4.78 is 16.9. The van der Waals surface area contributed by atoms with E-state index in [0.29, 0.717) is 19.3 Å². The minimum absolute atomic E-state index is 0.0726. The van der Waals surface area contributed by atoms with E-state index in [4.69, 9.17) is 14.2 Å². The molecule has 0 aliphatic heterocycles. The van der Waals surface area contributed by atoms with Crippen LogP contribution in [0.2, 0.25) is 0 Å². The van der Waals surface area contributed by atoms with Crippen LogP contribution in [0.4, 0.5) is 0 Å². The van der Waals surface area contributed by atoms with Crippen LogP contribution in [0.25, 0.3) is 0 Å². The largest absolute Gasteiger partial charge is 0.462 e. The first-order chi connectivity index (χ1) is 38.5. The van der Waals surface area contributed by atoms with Crippen LogP contribution in [0.3, 0.4) is 0 Å². The Morgan fingerprint density at radius 1 is 0.269 bits per heavy atom. The lowest BCUT2D eigenvalue weighted by Gasteiger charge is -2.18. The van der Waals surface area contributed by atoms with Gasteiger partial charge in [0.25, 0.3) is 0 Å². The van der Waals surface area contributed by atoms with E-state index in [-0.39, 0.29) is 31.1 Å². The van der Waals surface area contributed by atoms with E-state index in [1.54, 1.807) is 0 Å². The summed E-state index contributed by atoms with van der Waals surface area (Å²) in [6, 6.07) is 0. The third-order valence-electron chi connectivity index (χ3n) is 14.7. The Hall–Kier alpha value is -3.41. The first-order valence-electron chi connectivity index (χ1n) is 33.6. The highest BCUT2D eigenvalue weighted by molar-refractivity contribution is 5.71. The van der Waals surface area contributed by atoms with Gasteiger partial charge < -0.3 is 14.2 Å². The summed E-state index contributed by atoms with van der Waals surface area (Å²) in [6.45, 7) is 6.56. The molecule has 0 saturated carbocycles. The van der Waals surface area contributed by atoms with Gasteiger partial charge >= 0.3 is 17.9 Å². The summed E-state index contributed by atoms with van der Waals surface area (Å²) in [6.07, 6.45) is 87.4. The molecule has 0 rings (SSSR count). The van der Waals surface area contributed by atoms with E-state index in [0.717, 1.165) is 109 Å². The van der Waals surface area contributed by atoms with Gasteiger partial charge in [-0.2, -0.15) is 0 Å². The second-order valence-corrected chi connectivity index (χ2v) is 22.4. The maximum Gasteiger partial charge on any atom is 0.306 e. The first-order valence-corrected chi connectivity index (χ1v) is 33.6. The third-order valence-corrected chi connectivity index (χ3v) is 14.7. The smallest absolute Gasteiger partial charge is 0.306 e.